The van der Waals surface area contributed by atoms with Gasteiger partial charge in [0.2, 0.25) is 0 Å². The van der Waals surface area contributed by atoms with Crippen LogP contribution >= 0.6 is 15.9 Å². The summed E-state index contributed by atoms with van der Waals surface area (Å²) in [6.45, 7) is 4.50. The molecule has 1 N–H and O–H groups in total. The van der Waals surface area contributed by atoms with Crippen molar-refractivity contribution in [2.75, 3.05) is 0 Å². The van der Waals surface area contributed by atoms with Gasteiger partial charge in [-0.15, -0.1) is 0 Å². The molecule has 0 radical (unpaired) electrons. The molecule has 2 aromatic carbocycles. The van der Waals surface area contributed by atoms with E-state index in [0.29, 0.717) is 5.92 Å². The van der Waals surface area contributed by atoms with Gasteiger partial charge in [-0.1, -0.05) is 48.0 Å². The van der Waals surface area contributed by atoms with Crippen LogP contribution in [0.4, 0.5) is 0 Å². The second-order valence-corrected chi connectivity index (χ2v) is 6.11. The van der Waals surface area contributed by atoms with Gasteiger partial charge in [-0.25, -0.2) is 0 Å². The van der Waals surface area contributed by atoms with Crippen LogP contribution in [-0.2, 0) is 6.42 Å². The fourth-order valence-corrected chi connectivity index (χ4v) is 3.02. The Kier molecular flexibility index (Phi) is 2.90. The highest BCUT2D eigenvalue weighted by atomic mass is 79.9. The van der Waals surface area contributed by atoms with E-state index >= 15 is 0 Å². The van der Waals surface area contributed by atoms with Crippen LogP contribution in [0.15, 0.2) is 40.9 Å². The number of nitrogens with one attached hydrogen (secondary N) is 1. The summed E-state index contributed by atoms with van der Waals surface area (Å²) >= 11 is 3.70. The number of hydrogen-bond donors (Lipinski definition) is 1. The van der Waals surface area contributed by atoms with E-state index in [4.69, 9.17) is 0 Å². The van der Waals surface area contributed by atoms with Crippen molar-refractivity contribution in [3.63, 3.8) is 0 Å². The van der Waals surface area contributed by atoms with Gasteiger partial charge in [0.15, 0.2) is 0 Å². The SMILES string of the molecule is CC(C)Cc1cc2[nH]c3ccccc3c2cc1Br. The zero-order valence-corrected chi connectivity index (χ0v) is 12.2. The average Bonchev–Trinajstić information content (AvgIpc) is 2.67. The van der Waals surface area contributed by atoms with E-state index in [0.717, 1.165) is 6.42 Å². The summed E-state index contributed by atoms with van der Waals surface area (Å²) in [6, 6.07) is 13.0. The second-order valence-electron chi connectivity index (χ2n) is 5.26. The van der Waals surface area contributed by atoms with E-state index in [1.165, 1.54) is 31.8 Å². The van der Waals surface area contributed by atoms with Crippen molar-refractivity contribution in [2.45, 2.75) is 20.3 Å². The molecule has 0 bridgehead atoms. The number of fused-ring (bicyclic) bond motifs is 3. The van der Waals surface area contributed by atoms with Crippen molar-refractivity contribution in [3.8, 4) is 0 Å². The van der Waals surface area contributed by atoms with Crippen molar-refractivity contribution in [3.05, 3.63) is 46.4 Å². The highest BCUT2D eigenvalue weighted by molar-refractivity contribution is 9.10. The number of aromatic amines is 1. The van der Waals surface area contributed by atoms with Gasteiger partial charge < -0.3 is 4.98 Å². The normalized spacial score (nSPS) is 11.8. The Balaban J connectivity index is 2.26. The molecule has 0 aliphatic rings. The smallest absolute Gasteiger partial charge is 0.0468 e. The van der Waals surface area contributed by atoms with Gasteiger partial charge in [0.25, 0.3) is 0 Å². The molecule has 1 nitrogen and oxygen atoms in total. The topological polar surface area (TPSA) is 15.8 Å². The van der Waals surface area contributed by atoms with E-state index in [1.54, 1.807) is 0 Å². The minimum Gasteiger partial charge on any atom is -0.355 e. The Bertz CT molecular complexity index is 710. The Hall–Kier alpha value is -1.28. The van der Waals surface area contributed by atoms with Gasteiger partial charge in [0.1, 0.15) is 0 Å². The molecule has 0 spiro atoms. The first-order valence-corrected chi connectivity index (χ1v) is 7.13. The molecule has 1 aromatic heterocycles. The molecule has 0 saturated carbocycles. The standard InChI is InChI=1S/C16H16BrN/c1-10(2)7-11-8-16-13(9-14(11)17)12-5-3-4-6-15(12)18-16/h3-6,8-10,18H,7H2,1-2H3. The van der Waals surface area contributed by atoms with Gasteiger partial charge in [0.05, 0.1) is 0 Å². The maximum absolute atomic E-state index is 3.70. The number of hydrogen-bond acceptors (Lipinski definition) is 0. The average molecular weight is 302 g/mol. The van der Waals surface area contributed by atoms with Gasteiger partial charge >= 0.3 is 0 Å². The lowest BCUT2D eigenvalue weighted by molar-refractivity contribution is 0.646. The minimum absolute atomic E-state index is 0.670. The zero-order valence-electron chi connectivity index (χ0n) is 10.6. The number of benzene rings is 2. The van der Waals surface area contributed by atoms with Crippen molar-refractivity contribution in [1.82, 2.24) is 4.98 Å². The molecule has 2 heteroatoms. The molecule has 92 valence electrons. The maximum atomic E-state index is 3.70. The van der Waals surface area contributed by atoms with Crippen molar-refractivity contribution < 1.29 is 0 Å². The van der Waals surface area contributed by atoms with Crippen LogP contribution in [0.1, 0.15) is 19.4 Å². The van der Waals surface area contributed by atoms with Gasteiger partial charge in [-0.2, -0.15) is 0 Å². The lowest BCUT2D eigenvalue weighted by Gasteiger charge is -2.07. The molecule has 0 aliphatic carbocycles. The molecule has 3 aromatic rings. The maximum Gasteiger partial charge on any atom is 0.0468 e. The van der Waals surface area contributed by atoms with E-state index in [2.05, 4.69) is 71.2 Å². The zero-order chi connectivity index (χ0) is 12.7. The van der Waals surface area contributed by atoms with E-state index < -0.39 is 0 Å². The Morgan fingerprint density at radius 2 is 1.83 bits per heavy atom. The number of para-hydroxylation sites is 1. The molecular formula is C16H16BrN. The molecule has 0 saturated heterocycles. The molecule has 0 aliphatic heterocycles. The van der Waals surface area contributed by atoms with Crippen molar-refractivity contribution in [1.29, 1.82) is 0 Å². The first kappa shape index (κ1) is 11.8. The third-order valence-corrected chi connectivity index (χ3v) is 4.04. The third kappa shape index (κ3) is 1.95. The fraction of sp³-hybridized carbons (Fsp3) is 0.250. The van der Waals surface area contributed by atoms with Crippen molar-refractivity contribution in [2.24, 2.45) is 5.92 Å². The molecule has 0 atom stereocenters. The second kappa shape index (κ2) is 4.43. The number of halogens is 1. The van der Waals surface area contributed by atoms with Crippen LogP contribution in [0.25, 0.3) is 21.8 Å². The summed E-state index contributed by atoms with van der Waals surface area (Å²) in [6.07, 6.45) is 1.10. The predicted molar refractivity (Wildman–Crippen MR) is 82.0 cm³/mol. The van der Waals surface area contributed by atoms with Gasteiger partial charge in [-0.3, -0.25) is 0 Å². The fourth-order valence-electron chi connectivity index (χ4n) is 2.51. The molecule has 0 unspecified atom stereocenters. The first-order valence-electron chi connectivity index (χ1n) is 6.34. The summed E-state index contributed by atoms with van der Waals surface area (Å²) in [5.74, 6) is 0.670. The lowest BCUT2D eigenvalue weighted by atomic mass is 10.0. The molecule has 0 amide bonds. The number of rotatable bonds is 2. The van der Waals surface area contributed by atoms with Crippen LogP contribution in [0.3, 0.4) is 0 Å². The molecule has 1 heterocycles. The summed E-state index contributed by atoms with van der Waals surface area (Å²) in [7, 11) is 0. The summed E-state index contributed by atoms with van der Waals surface area (Å²) in [5, 5.41) is 2.59. The Morgan fingerprint density at radius 3 is 2.61 bits per heavy atom. The van der Waals surface area contributed by atoms with Crippen LogP contribution in [-0.4, -0.2) is 4.98 Å². The summed E-state index contributed by atoms with van der Waals surface area (Å²) in [5.41, 5.74) is 3.82. The van der Waals surface area contributed by atoms with Gasteiger partial charge in [-0.05, 0) is 36.1 Å². The quantitative estimate of drug-likeness (QED) is 0.662. The van der Waals surface area contributed by atoms with E-state index in [9.17, 15) is 0 Å². The highest BCUT2D eigenvalue weighted by Gasteiger charge is 2.09. The largest absolute Gasteiger partial charge is 0.355 e. The van der Waals surface area contributed by atoms with Crippen molar-refractivity contribution >= 4 is 37.7 Å². The first-order chi connectivity index (χ1) is 8.65. The minimum atomic E-state index is 0.670. The van der Waals surface area contributed by atoms with Crippen LogP contribution in [0.5, 0.6) is 0 Å². The molecular weight excluding hydrogens is 286 g/mol. The lowest BCUT2D eigenvalue weighted by Crippen LogP contribution is -1.95. The highest BCUT2D eigenvalue weighted by Crippen LogP contribution is 2.31. The molecule has 18 heavy (non-hydrogen) atoms. The Morgan fingerprint density at radius 1 is 1.06 bits per heavy atom. The van der Waals surface area contributed by atoms with Crippen LogP contribution in [0.2, 0.25) is 0 Å². The monoisotopic (exact) mass is 301 g/mol. The molecule has 0 fully saturated rings. The predicted octanol–water partition coefficient (Wildman–Crippen LogP) is 5.28. The van der Waals surface area contributed by atoms with Gasteiger partial charge in [0, 0.05) is 26.3 Å². The number of H-pyrrole nitrogens is 1. The number of aromatic nitrogens is 1. The third-order valence-electron chi connectivity index (χ3n) is 3.30. The van der Waals surface area contributed by atoms with E-state index in [1.807, 2.05) is 0 Å². The summed E-state index contributed by atoms with van der Waals surface area (Å²) in [4.78, 5) is 3.50. The van der Waals surface area contributed by atoms with Crippen LogP contribution in [0, 0.1) is 5.92 Å². The van der Waals surface area contributed by atoms with Crippen LogP contribution < -0.4 is 0 Å². The summed E-state index contributed by atoms with van der Waals surface area (Å²) < 4.78 is 1.22. The van der Waals surface area contributed by atoms with E-state index in [-0.39, 0.29) is 0 Å². The molecule has 3 rings (SSSR count). The Labute approximate surface area is 115 Å².